The van der Waals surface area contributed by atoms with E-state index < -0.39 is 0 Å². The average molecular weight is 321 g/mol. The molecule has 1 aliphatic rings. The van der Waals surface area contributed by atoms with Gasteiger partial charge in [-0.3, -0.25) is 4.79 Å². The third-order valence-corrected chi connectivity index (χ3v) is 4.46. The Labute approximate surface area is 139 Å². The molecule has 1 atom stereocenters. The lowest BCUT2D eigenvalue weighted by Crippen LogP contribution is -2.43. The van der Waals surface area contributed by atoms with Crippen LogP contribution < -0.4 is 10.2 Å². The molecule has 2 N–H and O–H groups in total. The van der Waals surface area contributed by atoms with Gasteiger partial charge >= 0.3 is 0 Å². The monoisotopic (exact) mass is 321 g/mol. The van der Waals surface area contributed by atoms with Crippen LogP contribution in [0.1, 0.15) is 18.5 Å². The van der Waals surface area contributed by atoms with E-state index >= 15 is 0 Å². The SMILES string of the molecule is O=C(NCc1ccc[nH]1)C1CCCN1c1ncnc2ccccc12. The Bertz CT molecular complexity index is 840. The molecule has 4 rings (SSSR count). The van der Waals surface area contributed by atoms with Crippen LogP contribution in [-0.4, -0.2) is 33.4 Å². The largest absolute Gasteiger partial charge is 0.364 e. The molecule has 24 heavy (non-hydrogen) atoms. The molecule has 0 spiro atoms. The van der Waals surface area contributed by atoms with E-state index in [0.717, 1.165) is 41.8 Å². The first-order valence-corrected chi connectivity index (χ1v) is 8.19. The Morgan fingerprint density at radius 3 is 3.04 bits per heavy atom. The quantitative estimate of drug-likeness (QED) is 0.773. The summed E-state index contributed by atoms with van der Waals surface area (Å²) in [4.78, 5) is 26.6. The van der Waals surface area contributed by atoms with Crippen molar-refractivity contribution in [3.05, 3.63) is 54.6 Å². The summed E-state index contributed by atoms with van der Waals surface area (Å²) in [7, 11) is 0. The number of para-hydroxylation sites is 1. The van der Waals surface area contributed by atoms with Gasteiger partial charge in [-0.25, -0.2) is 9.97 Å². The van der Waals surface area contributed by atoms with Gasteiger partial charge in [0.2, 0.25) is 5.91 Å². The van der Waals surface area contributed by atoms with Crippen molar-refractivity contribution < 1.29 is 4.79 Å². The zero-order valence-corrected chi connectivity index (χ0v) is 13.3. The van der Waals surface area contributed by atoms with Crippen molar-refractivity contribution in [1.82, 2.24) is 20.3 Å². The number of hydrogen-bond donors (Lipinski definition) is 2. The summed E-state index contributed by atoms with van der Waals surface area (Å²) in [5, 5.41) is 4.01. The molecular weight excluding hydrogens is 302 g/mol. The number of hydrogen-bond acceptors (Lipinski definition) is 4. The molecule has 3 aromatic rings. The van der Waals surface area contributed by atoms with Crippen LogP contribution >= 0.6 is 0 Å². The number of benzene rings is 1. The van der Waals surface area contributed by atoms with Crippen LogP contribution in [-0.2, 0) is 11.3 Å². The lowest BCUT2D eigenvalue weighted by Gasteiger charge is -2.25. The normalized spacial score (nSPS) is 17.3. The first kappa shape index (κ1) is 14.7. The molecule has 0 saturated carbocycles. The number of carbonyl (C=O) groups is 1. The maximum absolute atomic E-state index is 12.7. The highest BCUT2D eigenvalue weighted by atomic mass is 16.2. The second kappa shape index (κ2) is 6.31. The zero-order valence-electron chi connectivity index (χ0n) is 13.3. The highest BCUT2D eigenvalue weighted by Gasteiger charge is 2.32. The Morgan fingerprint density at radius 2 is 2.17 bits per heavy atom. The van der Waals surface area contributed by atoms with Gasteiger partial charge in [0.15, 0.2) is 0 Å². The molecule has 1 fully saturated rings. The summed E-state index contributed by atoms with van der Waals surface area (Å²) < 4.78 is 0. The third-order valence-electron chi connectivity index (χ3n) is 4.46. The first-order chi connectivity index (χ1) is 11.8. The smallest absolute Gasteiger partial charge is 0.243 e. The maximum atomic E-state index is 12.7. The van der Waals surface area contributed by atoms with E-state index in [-0.39, 0.29) is 11.9 Å². The number of nitrogens with zero attached hydrogens (tertiary/aromatic N) is 3. The van der Waals surface area contributed by atoms with Crippen molar-refractivity contribution >= 4 is 22.6 Å². The second-order valence-electron chi connectivity index (χ2n) is 5.98. The number of carbonyl (C=O) groups excluding carboxylic acids is 1. The van der Waals surface area contributed by atoms with Crippen LogP contribution in [0, 0.1) is 0 Å². The van der Waals surface area contributed by atoms with Crippen molar-refractivity contribution in [3.63, 3.8) is 0 Å². The van der Waals surface area contributed by atoms with Gasteiger partial charge < -0.3 is 15.2 Å². The van der Waals surface area contributed by atoms with Gasteiger partial charge in [-0.05, 0) is 37.1 Å². The Kier molecular flexibility index (Phi) is 3.86. The van der Waals surface area contributed by atoms with Crippen LogP contribution in [0.2, 0.25) is 0 Å². The summed E-state index contributed by atoms with van der Waals surface area (Å²) in [5.74, 6) is 0.892. The standard InChI is InChI=1S/C18H19N5O/c24-18(20-11-13-5-3-9-19-13)16-8-4-10-23(16)17-14-6-1-2-7-15(14)21-12-22-17/h1-3,5-7,9,12,16,19H,4,8,10-11H2,(H,20,24). The van der Waals surface area contributed by atoms with Crippen LogP contribution in [0.5, 0.6) is 0 Å². The number of aromatic nitrogens is 3. The van der Waals surface area contributed by atoms with E-state index in [1.54, 1.807) is 6.33 Å². The number of H-pyrrole nitrogens is 1. The van der Waals surface area contributed by atoms with Crippen LogP contribution in [0.3, 0.4) is 0 Å². The molecule has 0 bridgehead atoms. The Balaban J connectivity index is 1.56. The Hall–Kier alpha value is -2.89. The van der Waals surface area contributed by atoms with E-state index in [9.17, 15) is 4.79 Å². The van der Waals surface area contributed by atoms with E-state index in [0.29, 0.717) is 6.54 Å². The van der Waals surface area contributed by atoms with Gasteiger partial charge in [-0.15, -0.1) is 0 Å². The molecule has 1 amide bonds. The van der Waals surface area contributed by atoms with Gasteiger partial charge in [-0.1, -0.05) is 12.1 Å². The molecule has 0 aliphatic carbocycles. The van der Waals surface area contributed by atoms with E-state index in [1.807, 2.05) is 42.6 Å². The van der Waals surface area contributed by atoms with E-state index in [4.69, 9.17) is 0 Å². The number of nitrogens with one attached hydrogen (secondary N) is 2. The average Bonchev–Trinajstić information content (AvgIpc) is 3.31. The number of amides is 1. The van der Waals surface area contributed by atoms with Gasteiger partial charge in [0.25, 0.3) is 0 Å². The molecule has 1 unspecified atom stereocenters. The fourth-order valence-corrected chi connectivity index (χ4v) is 3.29. The van der Waals surface area contributed by atoms with Crippen molar-refractivity contribution in [1.29, 1.82) is 0 Å². The zero-order chi connectivity index (χ0) is 16.4. The summed E-state index contributed by atoms with van der Waals surface area (Å²) >= 11 is 0. The van der Waals surface area contributed by atoms with E-state index in [2.05, 4.69) is 25.2 Å². The second-order valence-corrected chi connectivity index (χ2v) is 5.98. The third kappa shape index (κ3) is 2.71. The molecular formula is C18H19N5O. The minimum atomic E-state index is -0.182. The molecule has 0 radical (unpaired) electrons. The lowest BCUT2D eigenvalue weighted by molar-refractivity contribution is -0.122. The minimum absolute atomic E-state index is 0.0461. The van der Waals surface area contributed by atoms with Gasteiger partial charge in [0, 0.05) is 23.8 Å². The fourth-order valence-electron chi connectivity index (χ4n) is 3.29. The molecule has 122 valence electrons. The summed E-state index contributed by atoms with van der Waals surface area (Å²) in [5.41, 5.74) is 1.90. The molecule has 6 nitrogen and oxygen atoms in total. The van der Waals surface area contributed by atoms with Gasteiger partial charge in [0.1, 0.15) is 18.2 Å². The number of anilines is 1. The molecule has 6 heteroatoms. The van der Waals surface area contributed by atoms with Crippen LogP contribution in [0.4, 0.5) is 5.82 Å². The van der Waals surface area contributed by atoms with E-state index in [1.165, 1.54) is 0 Å². The van der Waals surface area contributed by atoms with Crippen molar-refractivity contribution in [2.45, 2.75) is 25.4 Å². The number of aromatic amines is 1. The summed E-state index contributed by atoms with van der Waals surface area (Å²) in [6, 6.07) is 11.6. The minimum Gasteiger partial charge on any atom is -0.364 e. The molecule has 3 heterocycles. The highest BCUT2D eigenvalue weighted by Crippen LogP contribution is 2.29. The molecule has 2 aromatic heterocycles. The van der Waals surface area contributed by atoms with Gasteiger partial charge in [0.05, 0.1) is 12.1 Å². The van der Waals surface area contributed by atoms with Gasteiger partial charge in [-0.2, -0.15) is 0 Å². The number of fused-ring (bicyclic) bond motifs is 1. The highest BCUT2D eigenvalue weighted by molar-refractivity contribution is 5.93. The van der Waals surface area contributed by atoms with Crippen molar-refractivity contribution in [2.75, 3.05) is 11.4 Å². The molecule has 1 saturated heterocycles. The molecule has 1 aromatic carbocycles. The topological polar surface area (TPSA) is 73.9 Å². The van der Waals surface area contributed by atoms with Crippen molar-refractivity contribution in [3.8, 4) is 0 Å². The molecule has 1 aliphatic heterocycles. The Morgan fingerprint density at radius 1 is 1.25 bits per heavy atom. The van der Waals surface area contributed by atoms with Crippen LogP contribution in [0.15, 0.2) is 48.9 Å². The summed E-state index contributed by atoms with van der Waals surface area (Å²) in [6.07, 6.45) is 5.26. The van der Waals surface area contributed by atoms with Crippen molar-refractivity contribution in [2.24, 2.45) is 0 Å². The number of rotatable bonds is 4. The maximum Gasteiger partial charge on any atom is 0.243 e. The summed E-state index contributed by atoms with van der Waals surface area (Å²) in [6.45, 7) is 1.35. The lowest BCUT2D eigenvalue weighted by atomic mass is 10.2. The van der Waals surface area contributed by atoms with Crippen LogP contribution in [0.25, 0.3) is 10.9 Å². The predicted octanol–water partition coefficient (Wildman–Crippen LogP) is 2.24. The fraction of sp³-hybridized carbons (Fsp3) is 0.278. The predicted molar refractivity (Wildman–Crippen MR) is 92.5 cm³/mol. The first-order valence-electron chi connectivity index (χ1n) is 8.19.